The van der Waals surface area contributed by atoms with Crippen molar-refractivity contribution in [3.05, 3.63) is 95.8 Å². The third kappa shape index (κ3) is 7.65. The van der Waals surface area contributed by atoms with Crippen LogP contribution in [0.2, 0.25) is 0 Å². The first-order chi connectivity index (χ1) is 29.1. The van der Waals surface area contributed by atoms with Gasteiger partial charge in [0.25, 0.3) is 11.8 Å². The van der Waals surface area contributed by atoms with Gasteiger partial charge in [0.1, 0.15) is 33.8 Å². The van der Waals surface area contributed by atoms with E-state index in [4.69, 9.17) is 18.9 Å². The molecule has 0 radical (unpaired) electrons. The molecule has 60 heavy (non-hydrogen) atoms. The Morgan fingerprint density at radius 1 is 0.667 bits per heavy atom. The van der Waals surface area contributed by atoms with Gasteiger partial charge in [0.15, 0.2) is 11.3 Å². The van der Waals surface area contributed by atoms with Crippen molar-refractivity contribution in [1.29, 1.82) is 0 Å². The first-order valence-corrected chi connectivity index (χ1v) is 19.9. The highest BCUT2D eigenvalue weighted by molar-refractivity contribution is 6.10. The first kappa shape index (κ1) is 39.1. The van der Waals surface area contributed by atoms with Crippen LogP contribution in [0.4, 0.5) is 22.7 Å². The summed E-state index contributed by atoms with van der Waals surface area (Å²) in [6, 6.07) is 11.3. The molecule has 312 valence electrons. The summed E-state index contributed by atoms with van der Waals surface area (Å²) in [5.74, 6) is 0.927. The van der Waals surface area contributed by atoms with E-state index in [-0.39, 0.29) is 25.0 Å². The summed E-state index contributed by atoms with van der Waals surface area (Å²) in [5, 5.41) is 33.9. The van der Waals surface area contributed by atoms with E-state index in [9.17, 15) is 19.8 Å². The lowest BCUT2D eigenvalue weighted by atomic mass is 9.99. The smallest absolute Gasteiger partial charge is 0.261 e. The number of ether oxygens (including phenoxy) is 4. The summed E-state index contributed by atoms with van der Waals surface area (Å²) in [5.41, 5.74) is 5.55. The van der Waals surface area contributed by atoms with E-state index in [2.05, 4.69) is 40.6 Å². The van der Waals surface area contributed by atoms with Crippen LogP contribution in [-0.4, -0.2) is 128 Å². The minimum absolute atomic E-state index is 0.0790. The Morgan fingerprint density at radius 3 is 1.48 bits per heavy atom. The number of carbonyl (C=O) groups excluding carboxylic acids is 2. The number of rotatable bonds is 8. The van der Waals surface area contributed by atoms with Crippen LogP contribution in [0, 0.1) is 0 Å². The zero-order valence-electron chi connectivity index (χ0n) is 33.3. The van der Waals surface area contributed by atoms with Crippen LogP contribution in [0.1, 0.15) is 45.7 Å². The Labute approximate surface area is 344 Å². The van der Waals surface area contributed by atoms with Gasteiger partial charge in [0.2, 0.25) is 0 Å². The molecule has 0 aliphatic carbocycles. The van der Waals surface area contributed by atoms with Crippen molar-refractivity contribution in [2.45, 2.75) is 37.9 Å². The van der Waals surface area contributed by atoms with Crippen LogP contribution in [0.15, 0.2) is 73.6 Å². The molecule has 18 nitrogen and oxygen atoms in total. The maximum absolute atomic E-state index is 13.1. The molecule has 2 aromatic carbocycles. The Balaban J connectivity index is 0.000000154. The van der Waals surface area contributed by atoms with Gasteiger partial charge < -0.3 is 49.6 Å². The minimum Gasteiger partial charge on any atom is -0.484 e. The summed E-state index contributed by atoms with van der Waals surface area (Å²) < 4.78 is 26.1. The molecule has 2 fully saturated rings. The summed E-state index contributed by atoms with van der Waals surface area (Å²) in [6.07, 6.45) is 11.0. The number of aromatic nitrogens is 6. The predicted octanol–water partition coefficient (Wildman–Crippen LogP) is 3.01. The molecule has 4 aliphatic rings. The number of nitrogens with zero attached hydrogens (tertiary/aromatic N) is 8. The van der Waals surface area contributed by atoms with Crippen molar-refractivity contribution in [3.8, 4) is 11.5 Å². The van der Waals surface area contributed by atoms with Crippen LogP contribution in [0.3, 0.4) is 0 Å². The van der Waals surface area contributed by atoms with Gasteiger partial charge in [-0.3, -0.25) is 9.59 Å². The lowest BCUT2D eigenvalue weighted by Crippen LogP contribution is -2.36. The van der Waals surface area contributed by atoms with Crippen LogP contribution in [0.5, 0.6) is 11.5 Å². The zero-order valence-corrected chi connectivity index (χ0v) is 33.3. The topological polar surface area (TPSA) is 202 Å². The number of benzene rings is 2. The molecule has 4 N–H and O–H groups in total. The van der Waals surface area contributed by atoms with E-state index in [0.717, 1.165) is 60.2 Å². The van der Waals surface area contributed by atoms with Gasteiger partial charge in [0, 0.05) is 87.1 Å². The quantitative estimate of drug-likeness (QED) is 0.175. The number of anilines is 4. The van der Waals surface area contributed by atoms with Crippen molar-refractivity contribution in [2.24, 2.45) is 0 Å². The van der Waals surface area contributed by atoms with Gasteiger partial charge in [-0.1, -0.05) is 0 Å². The third-order valence-corrected chi connectivity index (χ3v) is 11.1. The minimum atomic E-state index is -0.653. The van der Waals surface area contributed by atoms with E-state index in [1.165, 1.54) is 12.4 Å². The molecule has 10 rings (SSSR count). The molecule has 6 aromatic rings. The van der Waals surface area contributed by atoms with Gasteiger partial charge in [-0.2, -0.15) is 10.2 Å². The number of aliphatic hydroxyl groups excluding tert-OH is 2. The number of morpholine rings is 2. The first-order valence-electron chi connectivity index (χ1n) is 19.9. The molecule has 2 amide bonds. The molecule has 0 saturated carbocycles. The number of fused-ring (bicyclic) bond motifs is 4. The predicted molar refractivity (Wildman–Crippen MR) is 220 cm³/mol. The highest BCUT2D eigenvalue weighted by Gasteiger charge is 2.37. The van der Waals surface area contributed by atoms with Crippen LogP contribution in [0.25, 0.3) is 11.3 Å². The molecule has 8 heterocycles. The van der Waals surface area contributed by atoms with Gasteiger partial charge >= 0.3 is 0 Å². The number of amides is 2. The Bertz CT molecular complexity index is 2390. The standard InChI is InChI=1S/2C21H23N5O4/c2*1-21(13-27)11-14-9-16(17(10-18(14)30-21)25-5-7-29-8-6-25)24-20(28)15-12-23-26-4-2-3-22-19(15)26/h2*2-4,9-10,12,27H,5-8,11,13H2,1H3,(H,24,28)/t2*21-/m10/s1. The highest BCUT2D eigenvalue weighted by Crippen LogP contribution is 2.43. The second kappa shape index (κ2) is 16.0. The molecule has 0 spiro atoms. The molecule has 0 bridgehead atoms. The maximum atomic E-state index is 13.1. The van der Waals surface area contributed by atoms with Crippen molar-refractivity contribution < 1.29 is 38.7 Å². The lowest BCUT2D eigenvalue weighted by Gasteiger charge is -2.31. The Morgan fingerprint density at radius 2 is 1.08 bits per heavy atom. The molecule has 2 saturated heterocycles. The SMILES string of the molecule is C[C@@]1(CO)Cc2cc(NC(=O)c3cnn4cccnc34)c(N3CCOCC3)cc2O1.C[C@]1(CO)Cc2cc(NC(=O)c3cnn4cccnc34)c(N3CCOCC3)cc2O1. The number of carbonyl (C=O) groups is 2. The molecule has 18 heteroatoms. The van der Waals surface area contributed by atoms with Gasteiger partial charge in [0.05, 0.1) is 74.8 Å². The zero-order chi connectivity index (χ0) is 41.4. The van der Waals surface area contributed by atoms with Gasteiger partial charge in [-0.15, -0.1) is 0 Å². The van der Waals surface area contributed by atoms with Crippen molar-refractivity contribution in [3.63, 3.8) is 0 Å². The van der Waals surface area contributed by atoms with Gasteiger partial charge in [-0.25, -0.2) is 19.0 Å². The second-order valence-corrected chi connectivity index (χ2v) is 15.7. The third-order valence-electron chi connectivity index (χ3n) is 11.1. The summed E-state index contributed by atoms with van der Waals surface area (Å²) in [6.45, 7) is 8.97. The fourth-order valence-electron chi connectivity index (χ4n) is 7.97. The van der Waals surface area contributed by atoms with Crippen LogP contribution < -0.4 is 29.9 Å². The second-order valence-electron chi connectivity index (χ2n) is 15.7. The normalized spacial score (nSPS) is 20.8. The average Bonchev–Trinajstić information content (AvgIpc) is 4.06. The summed E-state index contributed by atoms with van der Waals surface area (Å²) in [4.78, 5) is 39.1. The fraction of sp³-hybridized carbons (Fsp3) is 0.381. The number of hydrogen-bond donors (Lipinski definition) is 4. The van der Waals surface area contributed by atoms with Crippen LogP contribution >= 0.6 is 0 Å². The van der Waals surface area contributed by atoms with E-state index >= 15 is 0 Å². The van der Waals surface area contributed by atoms with Crippen LogP contribution in [-0.2, 0) is 22.3 Å². The largest absolute Gasteiger partial charge is 0.484 e. The molecule has 4 aliphatic heterocycles. The molecule has 2 atom stereocenters. The Hall–Kier alpha value is -6.34. The molecular formula is C42H46N10O8. The molecule has 0 unspecified atom stereocenters. The summed E-state index contributed by atoms with van der Waals surface area (Å²) in [7, 11) is 0. The molecular weight excluding hydrogens is 773 g/mol. The average molecular weight is 819 g/mol. The van der Waals surface area contributed by atoms with Crippen molar-refractivity contribution >= 4 is 45.9 Å². The maximum Gasteiger partial charge on any atom is 0.261 e. The van der Waals surface area contributed by atoms with Gasteiger partial charge in [-0.05, 0) is 38.1 Å². The monoisotopic (exact) mass is 818 g/mol. The number of hydrogen-bond acceptors (Lipinski definition) is 14. The van der Waals surface area contributed by atoms with E-state index in [1.807, 2.05) is 38.1 Å². The fourth-order valence-corrected chi connectivity index (χ4v) is 7.97. The lowest BCUT2D eigenvalue weighted by molar-refractivity contribution is 0.0446. The van der Waals surface area contributed by atoms with E-state index < -0.39 is 11.2 Å². The summed E-state index contributed by atoms with van der Waals surface area (Å²) >= 11 is 0. The number of aliphatic hydroxyl groups is 2. The van der Waals surface area contributed by atoms with Crippen molar-refractivity contribution in [1.82, 2.24) is 29.2 Å². The van der Waals surface area contributed by atoms with Crippen molar-refractivity contribution in [2.75, 3.05) is 86.3 Å². The van der Waals surface area contributed by atoms with E-state index in [1.54, 1.807) is 46.0 Å². The molecule has 4 aromatic heterocycles. The Kier molecular flexibility index (Phi) is 10.5. The number of nitrogens with one attached hydrogen (secondary N) is 2. The highest BCUT2D eigenvalue weighted by atomic mass is 16.5. The van der Waals surface area contributed by atoms with E-state index in [0.29, 0.717) is 73.1 Å².